The fraction of sp³-hybridized carbons (Fsp3) is 0.571. The molecule has 1 aliphatic rings. The Morgan fingerprint density at radius 3 is 3.00 bits per heavy atom. The molecule has 0 aliphatic carbocycles. The molecule has 1 aliphatic heterocycles. The van der Waals surface area contributed by atoms with Crippen molar-refractivity contribution in [2.75, 3.05) is 20.2 Å². The molecule has 1 heterocycles. The zero-order valence-corrected chi connectivity index (χ0v) is 10.8. The van der Waals surface area contributed by atoms with E-state index in [9.17, 15) is 0 Å². The Bertz CT molecular complexity index is 354. The predicted molar refractivity (Wildman–Crippen MR) is 69.5 cm³/mol. The summed E-state index contributed by atoms with van der Waals surface area (Å²) in [5, 5.41) is 5.59. The molecule has 3 nitrogen and oxygen atoms in total. The van der Waals surface area contributed by atoms with E-state index in [1.54, 1.807) is 7.11 Å². The highest BCUT2D eigenvalue weighted by Crippen LogP contribution is 2.29. The van der Waals surface area contributed by atoms with E-state index in [2.05, 4.69) is 41.6 Å². The number of rotatable bonds is 4. The molecule has 0 spiro atoms. The van der Waals surface area contributed by atoms with Gasteiger partial charge >= 0.3 is 0 Å². The lowest BCUT2D eigenvalue weighted by Crippen LogP contribution is -2.29. The number of hydroxylamine groups is 2. The third-order valence-electron chi connectivity index (χ3n) is 3.35. The van der Waals surface area contributed by atoms with Gasteiger partial charge in [0.15, 0.2) is 0 Å². The molecule has 1 atom stereocenters. The zero-order valence-electron chi connectivity index (χ0n) is 10.8. The molecule has 0 amide bonds. The summed E-state index contributed by atoms with van der Waals surface area (Å²) in [4.78, 5) is 5.55. The van der Waals surface area contributed by atoms with Crippen molar-refractivity contribution in [1.82, 2.24) is 10.4 Å². The van der Waals surface area contributed by atoms with Gasteiger partial charge in [-0.15, -0.1) is 0 Å². The van der Waals surface area contributed by atoms with E-state index >= 15 is 0 Å². The van der Waals surface area contributed by atoms with Crippen LogP contribution in [0.2, 0.25) is 0 Å². The van der Waals surface area contributed by atoms with E-state index in [0.29, 0.717) is 6.04 Å². The first-order valence-electron chi connectivity index (χ1n) is 6.46. The maximum absolute atomic E-state index is 5.55. The van der Waals surface area contributed by atoms with Crippen molar-refractivity contribution in [1.29, 1.82) is 0 Å². The minimum absolute atomic E-state index is 0.381. The molecule has 17 heavy (non-hydrogen) atoms. The fourth-order valence-corrected chi connectivity index (χ4v) is 2.53. The fourth-order valence-electron chi connectivity index (χ4n) is 2.53. The highest BCUT2D eigenvalue weighted by Gasteiger charge is 2.23. The number of benzene rings is 1. The molecular weight excluding hydrogens is 212 g/mol. The van der Waals surface area contributed by atoms with Crippen molar-refractivity contribution < 1.29 is 4.84 Å². The summed E-state index contributed by atoms with van der Waals surface area (Å²) in [5.74, 6) is 0. The van der Waals surface area contributed by atoms with Gasteiger partial charge < -0.3 is 10.2 Å². The van der Waals surface area contributed by atoms with Crippen molar-refractivity contribution >= 4 is 0 Å². The molecule has 0 bridgehead atoms. The van der Waals surface area contributed by atoms with Crippen LogP contribution in [0.4, 0.5) is 0 Å². The molecule has 1 aromatic carbocycles. The lowest BCUT2D eigenvalue weighted by molar-refractivity contribution is -0.164. The van der Waals surface area contributed by atoms with Crippen LogP contribution in [0.3, 0.4) is 0 Å². The van der Waals surface area contributed by atoms with Crippen LogP contribution < -0.4 is 5.32 Å². The second-order valence-corrected chi connectivity index (χ2v) is 4.50. The average molecular weight is 234 g/mol. The third-order valence-corrected chi connectivity index (χ3v) is 3.35. The number of fused-ring (bicyclic) bond motifs is 1. The van der Waals surface area contributed by atoms with Crippen LogP contribution in [0.1, 0.15) is 36.9 Å². The van der Waals surface area contributed by atoms with Crippen molar-refractivity contribution in [3.05, 3.63) is 35.4 Å². The van der Waals surface area contributed by atoms with E-state index in [1.165, 1.54) is 11.1 Å². The normalized spacial score (nSPS) is 20.1. The third kappa shape index (κ3) is 2.86. The molecule has 0 fully saturated rings. The van der Waals surface area contributed by atoms with Crippen LogP contribution in [0.25, 0.3) is 0 Å². The van der Waals surface area contributed by atoms with Gasteiger partial charge in [0.25, 0.3) is 0 Å². The minimum atomic E-state index is 0.381. The lowest BCUT2D eigenvalue weighted by Gasteiger charge is -2.29. The topological polar surface area (TPSA) is 24.5 Å². The van der Waals surface area contributed by atoms with Gasteiger partial charge in [0, 0.05) is 13.1 Å². The molecule has 1 N–H and O–H groups in total. The number of hydrogen-bond donors (Lipinski definition) is 1. The van der Waals surface area contributed by atoms with Gasteiger partial charge in [-0.05, 0) is 30.5 Å². The van der Waals surface area contributed by atoms with Crippen molar-refractivity contribution in [2.45, 2.75) is 32.4 Å². The average Bonchev–Trinajstić information content (AvgIpc) is 2.58. The van der Waals surface area contributed by atoms with Gasteiger partial charge in [-0.3, -0.25) is 0 Å². The van der Waals surface area contributed by atoms with Crippen molar-refractivity contribution in [2.24, 2.45) is 0 Å². The second kappa shape index (κ2) is 6.15. The summed E-state index contributed by atoms with van der Waals surface area (Å²) in [5.41, 5.74) is 2.81. The Morgan fingerprint density at radius 2 is 2.24 bits per heavy atom. The Kier molecular flexibility index (Phi) is 4.54. The summed E-state index contributed by atoms with van der Waals surface area (Å²) in [7, 11) is 1.77. The Labute approximate surface area is 104 Å². The number of nitrogens with one attached hydrogen (secondary N) is 1. The molecule has 0 radical (unpaired) electrons. The summed E-state index contributed by atoms with van der Waals surface area (Å²) in [6.45, 7) is 5.18. The highest BCUT2D eigenvalue weighted by molar-refractivity contribution is 5.30. The smallest absolute Gasteiger partial charge is 0.0617 e. The summed E-state index contributed by atoms with van der Waals surface area (Å²) >= 11 is 0. The van der Waals surface area contributed by atoms with Gasteiger partial charge in [-0.25, -0.2) is 0 Å². The SMILES string of the molecule is CCCN(OC)C1CCNCc2ccccc21. The first kappa shape index (κ1) is 12.6. The van der Waals surface area contributed by atoms with Gasteiger partial charge in [0.05, 0.1) is 13.2 Å². The number of hydrogen-bond acceptors (Lipinski definition) is 3. The molecule has 1 unspecified atom stereocenters. The van der Waals surface area contributed by atoms with Crippen molar-refractivity contribution in [3.8, 4) is 0 Å². The quantitative estimate of drug-likeness (QED) is 0.810. The molecule has 3 heteroatoms. The van der Waals surface area contributed by atoms with Crippen LogP contribution in [-0.4, -0.2) is 25.3 Å². The molecular formula is C14H22N2O. The standard InChI is InChI=1S/C14H22N2O/c1-3-10-16(17-2)14-8-9-15-11-12-6-4-5-7-13(12)14/h4-7,14-15H,3,8-11H2,1-2H3. The zero-order chi connectivity index (χ0) is 12.1. The molecule has 2 rings (SSSR count). The van der Waals surface area contributed by atoms with Crippen LogP contribution in [0.5, 0.6) is 0 Å². The van der Waals surface area contributed by atoms with E-state index in [0.717, 1.165) is 32.5 Å². The minimum Gasteiger partial charge on any atom is -0.313 e. The maximum Gasteiger partial charge on any atom is 0.0617 e. The van der Waals surface area contributed by atoms with E-state index in [4.69, 9.17) is 4.84 Å². The highest BCUT2D eigenvalue weighted by atomic mass is 16.7. The molecule has 0 saturated heterocycles. The Morgan fingerprint density at radius 1 is 1.41 bits per heavy atom. The molecule has 0 aromatic heterocycles. The monoisotopic (exact) mass is 234 g/mol. The van der Waals surface area contributed by atoms with E-state index in [1.807, 2.05) is 0 Å². The van der Waals surface area contributed by atoms with Crippen LogP contribution in [0.15, 0.2) is 24.3 Å². The first-order valence-corrected chi connectivity index (χ1v) is 6.46. The number of nitrogens with zero attached hydrogens (tertiary/aromatic N) is 1. The van der Waals surface area contributed by atoms with Gasteiger partial charge in [0.1, 0.15) is 0 Å². The Hall–Kier alpha value is -0.900. The van der Waals surface area contributed by atoms with Crippen LogP contribution >= 0.6 is 0 Å². The van der Waals surface area contributed by atoms with Crippen molar-refractivity contribution in [3.63, 3.8) is 0 Å². The maximum atomic E-state index is 5.55. The predicted octanol–water partition coefficient (Wildman–Crippen LogP) is 2.49. The van der Waals surface area contributed by atoms with Crippen LogP contribution in [-0.2, 0) is 11.4 Å². The largest absolute Gasteiger partial charge is 0.313 e. The molecule has 1 aromatic rings. The second-order valence-electron chi connectivity index (χ2n) is 4.50. The Balaban J connectivity index is 2.26. The summed E-state index contributed by atoms with van der Waals surface area (Å²) < 4.78 is 0. The van der Waals surface area contributed by atoms with Gasteiger partial charge in [-0.1, -0.05) is 31.2 Å². The van der Waals surface area contributed by atoms with Gasteiger partial charge in [-0.2, -0.15) is 5.06 Å². The first-order chi connectivity index (χ1) is 8.36. The molecule has 0 saturated carbocycles. The molecule has 94 valence electrons. The van der Waals surface area contributed by atoms with Gasteiger partial charge in [0.2, 0.25) is 0 Å². The summed E-state index contributed by atoms with van der Waals surface area (Å²) in [6, 6.07) is 9.05. The van der Waals surface area contributed by atoms with Crippen LogP contribution in [0, 0.1) is 0 Å². The van der Waals surface area contributed by atoms with E-state index in [-0.39, 0.29) is 0 Å². The lowest BCUT2D eigenvalue weighted by atomic mass is 9.99. The summed E-state index contributed by atoms with van der Waals surface area (Å²) in [6.07, 6.45) is 2.21. The van der Waals surface area contributed by atoms with E-state index < -0.39 is 0 Å².